The van der Waals surface area contributed by atoms with Gasteiger partial charge in [-0.25, -0.2) is 4.79 Å². The number of carbonyl (C=O) groups excluding carboxylic acids is 1. The Morgan fingerprint density at radius 1 is 1.32 bits per heavy atom. The predicted octanol–water partition coefficient (Wildman–Crippen LogP) is 1.94. The number of hydrogen-bond acceptors (Lipinski definition) is 2. The van der Waals surface area contributed by atoms with Crippen LogP contribution in [0.2, 0.25) is 0 Å². The van der Waals surface area contributed by atoms with Gasteiger partial charge < -0.3 is 15.3 Å². The molecule has 2 N–H and O–H groups in total. The maximum atomic E-state index is 11.9. The monoisotopic (exact) mass is 264 g/mol. The molecule has 1 aromatic rings. The average molecular weight is 264 g/mol. The summed E-state index contributed by atoms with van der Waals surface area (Å²) < 4.78 is 0. The van der Waals surface area contributed by atoms with Crippen LogP contribution >= 0.6 is 0 Å². The van der Waals surface area contributed by atoms with E-state index in [0.29, 0.717) is 13.1 Å². The highest BCUT2D eigenvalue weighted by Crippen LogP contribution is 2.02. The van der Waals surface area contributed by atoms with Gasteiger partial charge in [-0.05, 0) is 12.5 Å². The van der Waals surface area contributed by atoms with Crippen LogP contribution in [-0.4, -0.2) is 35.1 Å². The third-order valence-corrected chi connectivity index (χ3v) is 2.87. The van der Waals surface area contributed by atoms with Crippen molar-refractivity contribution in [2.45, 2.75) is 20.4 Å². The summed E-state index contributed by atoms with van der Waals surface area (Å²) in [6, 6.07) is 9.35. The Balaban J connectivity index is 2.48. The van der Waals surface area contributed by atoms with Gasteiger partial charge in [-0.1, -0.05) is 37.3 Å². The molecule has 0 aliphatic heterocycles. The van der Waals surface area contributed by atoms with Crippen LogP contribution in [0, 0.1) is 5.92 Å². The molecule has 0 aliphatic carbocycles. The summed E-state index contributed by atoms with van der Waals surface area (Å²) in [5.74, 6) is -1.46. The second-order valence-electron chi connectivity index (χ2n) is 4.42. The third-order valence-electron chi connectivity index (χ3n) is 2.87. The highest BCUT2D eigenvalue weighted by Gasteiger charge is 2.18. The third kappa shape index (κ3) is 4.99. The number of nitrogens with zero attached hydrogens (tertiary/aromatic N) is 1. The van der Waals surface area contributed by atoms with Gasteiger partial charge in [0.05, 0.1) is 5.92 Å². The van der Waals surface area contributed by atoms with E-state index in [1.807, 2.05) is 37.3 Å². The van der Waals surface area contributed by atoms with Crippen molar-refractivity contribution < 1.29 is 14.7 Å². The summed E-state index contributed by atoms with van der Waals surface area (Å²) >= 11 is 0. The normalized spacial score (nSPS) is 11.7. The molecule has 0 bridgehead atoms. The van der Waals surface area contributed by atoms with Crippen molar-refractivity contribution in [2.75, 3.05) is 13.1 Å². The molecule has 1 unspecified atom stereocenters. The molecule has 0 radical (unpaired) electrons. The molecule has 0 heterocycles. The Bertz CT molecular complexity index is 420. The fourth-order valence-electron chi connectivity index (χ4n) is 1.65. The molecule has 0 saturated heterocycles. The zero-order valence-corrected chi connectivity index (χ0v) is 11.3. The summed E-state index contributed by atoms with van der Waals surface area (Å²) in [5, 5.41) is 11.6. The summed E-state index contributed by atoms with van der Waals surface area (Å²) in [6.07, 6.45) is 0. The van der Waals surface area contributed by atoms with E-state index in [1.165, 1.54) is 4.90 Å². The molecule has 1 rings (SSSR count). The zero-order valence-electron chi connectivity index (χ0n) is 11.3. The van der Waals surface area contributed by atoms with Crippen LogP contribution in [0.25, 0.3) is 0 Å². The van der Waals surface area contributed by atoms with E-state index < -0.39 is 11.9 Å². The first-order chi connectivity index (χ1) is 9.04. The van der Waals surface area contributed by atoms with Gasteiger partial charge in [0.1, 0.15) is 0 Å². The largest absolute Gasteiger partial charge is 0.481 e. The van der Waals surface area contributed by atoms with Crippen molar-refractivity contribution >= 4 is 12.0 Å². The van der Waals surface area contributed by atoms with Crippen LogP contribution < -0.4 is 5.32 Å². The first-order valence-corrected chi connectivity index (χ1v) is 6.34. The van der Waals surface area contributed by atoms with Gasteiger partial charge in [-0.2, -0.15) is 0 Å². The quantitative estimate of drug-likeness (QED) is 0.825. The van der Waals surface area contributed by atoms with Crippen LogP contribution in [0.15, 0.2) is 30.3 Å². The lowest BCUT2D eigenvalue weighted by Gasteiger charge is -2.23. The van der Waals surface area contributed by atoms with Gasteiger partial charge in [0.25, 0.3) is 0 Å². The molecule has 19 heavy (non-hydrogen) atoms. The van der Waals surface area contributed by atoms with Gasteiger partial charge in [0.2, 0.25) is 0 Å². The maximum absolute atomic E-state index is 11.9. The number of hydrogen-bond donors (Lipinski definition) is 2. The summed E-state index contributed by atoms with van der Waals surface area (Å²) in [5.41, 5.74) is 1.01. The Hall–Kier alpha value is -2.04. The minimum Gasteiger partial charge on any atom is -0.481 e. The number of nitrogens with one attached hydrogen (secondary N) is 1. The predicted molar refractivity (Wildman–Crippen MR) is 72.7 cm³/mol. The highest BCUT2D eigenvalue weighted by atomic mass is 16.4. The summed E-state index contributed by atoms with van der Waals surface area (Å²) in [7, 11) is 0. The van der Waals surface area contributed by atoms with E-state index in [2.05, 4.69) is 5.32 Å². The van der Waals surface area contributed by atoms with Crippen LogP contribution in [-0.2, 0) is 11.3 Å². The fraction of sp³-hybridized carbons (Fsp3) is 0.429. The van der Waals surface area contributed by atoms with Crippen LogP contribution in [0.4, 0.5) is 4.79 Å². The van der Waals surface area contributed by atoms with E-state index in [-0.39, 0.29) is 12.6 Å². The van der Waals surface area contributed by atoms with E-state index in [4.69, 9.17) is 5.11 Å². The van der Waals surface area contributed by atoms with Crippen LogP contribution in [0.1, 0.15) is 19.4 Å². The first kappa shape index (κ1) is 15.0. The second kappa shape index (κ2) is 7.41. The standard InChI is InChI=1S/C14H20N2O3/c1-3-16(10-11(2)13(17)18)14(19)15-9-12-7-5-4-6-8-12/h4-8,11H,3,9-10H2,1-2H3,(H,15,19)(H,17,18). The smallest absolute Gasteiger partial charge is 0.317 e. The average Bonchev–Trinajstić information content (AvgIpc) is 2.42. The van der Waals surface area contributed by atoms with E-state index in [9.17, 15) is 9.59 Å². The molecule has 1 atom stereocenters. The minimum absolute atomic E-state index is 0.215. The lowest BCUT2D eigenvalue weighted by Crippen LogP contribution is -2.42. The van der Waals surface area contributed by atoms with Crippen LogP contribution in [0.3, 0.4) is 0 Å². The lowest BCUT2D eigenvalue weighted by atomic mass is 10.2. The molecule has 5 nitrogen and oxygen atoms in total. The van der Waals surface area contributed by atoms with Gasteiger partial charge in [0, 0.05) is 19.6 Å². The van der Waals surface area contributed by atoms with Crippen molar-refractivity contribution in [3.8, 4) is 0 Å². The SMILES string of the molecule is CCN(CC(C)C(=O)O)C(=O)NCc1ccccc1. The molecule has 1 aromatic carbocycles. The number of carboxylic acid groups (broad SMARTS) is 1. The molecule has 104 valence electrons. The molecule has 2 amide bonds. The molecule has 0 aromatic heterocycles. The van der Waals surface area contributed by atoms with Crippen molar-refractivity contribution in [3.05, 3.63) is 35.9 Å². The molecule has 0 fully saturated rings. The molecule has 0 spiro atoms. The topological polar surface area (TPSA) is 69.6 Å². The van der Waals surface area contributed by atoms with Crippen molar-refractivity contribution in [1.82, 2.24) is 10.2 Å². The molecular weight excluding hydrogens is 244 g/mol. The lowest BCUT2D eigenvalue weighted by molar-refractivity contribution is -0.141. The number of aliphatic carboxylic acids is 1. The van der Waals surface area contributed by atoms with Crippen LogP contribution in [0.5, 0.6) is 0 Å². The Kier molecular flexibility index (Phi) is 5.85. The van der Waals surface area contributed by atoms with Gasteiger partial charge in [0.15, 0.2) is 0 Å². The second-order valence-corrected chi connectivity index (χ2v) is 4.42. The maximum Gasteiger partial charge on any atom is 0.317 e. The van der Waals surface area contributed by atoms with E-state index in [0.717, 1.165) is 5.56 Å². The van der Waals surface area contributed by atoms with E-state index >= 15 is 0 Å². The number of benzene rings is 1. The van der Waals surface area contributed by atoms with Crippen molar-refractivity contribution in [2.24, 2.45) is 5.92 Å². The zero-order chi connectivity index (χ0) is 14.3. The van der Waals surface area contributed by atoms with Gasteiger partial charge in [-0.3, -0.25) is 4.79 Å². The Morgan fingerprint density at radius 2 is 1.95 bits per heavy atom. The molecular formula is C14H20N2O3. The summed E-state index contributed by atoms with van der Waals surface area (Å²) in [6.45, 7) is 4.56. The van der Waals surface area contributed by atoms with Gasteiger partial charge in [-0.15, -0.1) is 0 Å². The Labute approximate surface area is 113 Å². The number of amides is 2. The molecule has 0 aliphatic rings. The summed E-state index contributed by atoms with van der Waals surface area (Å²) in [4.78, 5) is 24.2. The first-order valence-electron chi connectivity index (χ1n) is 6.34. The number of rotatable bonds is 6. The van der Waals surface area contributed by atoms with Crippen molar-refractivity contribution in [3.63, 3.8) is 0 Å². The molecule has 0 saturated carbocycles. The molecule has 5 heteroatoms. The Morgan fingerprint density at radius 3 is 2.47 bits per heavy atom. The number of urea groups is 1. The van der Waals surface area contributed by atoms with E-state index in [1.54, 1.807) is 6.92 Å². The fourth-order valence-corrected chi connectivity index (χ4v) is 1.65. The van der Waals surface area contributed by atoms with Crippen molar-refractivity contribution in [1.29, 1.82) is 0 Å². The highest BCUT2D eigenvalue weighted by molar-refractivity contribution is 5.75. The number of carboxylic acids is 1. The van der Waals surface area contributed by atoms with Gasteiger partial charge >= 0.3 is 12.0 Å². The minimum atomic E-state index is -0.894. The number of carbonyl (C=O) groups is 2.